The molecule has 1 aromatic rings. The predicted molar refractivity (Wildman–Crippen MR) is 72.4 cm³/mol. The molecule has 7 heteroatoms. The van der Waals surface area contributed by atoms with Crippen LogP contribution in [0.25, 0.3) is 0 Å². The van der Waals surface area contributed by atoms with Crippen LogP contribution >= 0.6 is 0 Å². The zero-order valence-corrected chi connectivity index (χ0v) is 11.9. The lowest BCUT2D eigenvalue weighted by molar-refractivity contribution is -0.147. The highest BCUT2D eigenvalue weighted by molar-refractivity contribution is 5.30. The van der Waals surface area contributed by atoms with E-state index in [2.05, 4.69) is 15.3 Å². The van der Waals surface area contributed by atoms with E-state index in [1.54, 1.807) is 6.20 Å². The van der Waals surface area contributed by atoms with E-state index in [0.29, 0.717) is 24.5 Å². The third kappa shape index (κ3) is 6.70. The first kappa shape index (κ1) is 16.7. The van der Waals surface area contributed by atoms with Gasteiger partial charge in [-0.05, 0) is 19.4 Å². The molecule has 0 aliphatic heterocycles. The minimum atomic E-state index is -4.19. The number of rotatable bonds is 8. The quantitative estimate of drug-likeness (QED) is 0.799. The molecule has 0 unspecified atom stereocenters. The first-order valence-corrected chi connectivity index (χ1v) is 6.78. The Morgan fingerprint density at radius 3 is 2.40 bits per heavy atom. The lowest BCUT2D eigenvalue weighted by Gasteiger charge is -2.22. The number of nitrogens with one attached hydrogen (secondary N) is 1. The zero-order valence-electron chi connectivity index (χ0n) is 11.9. The summed E-state index contributed by atoms with van der Waals surface area (Å²) in [6.45, 7) is 4.31. The molecule has 1 heterocycles. The second-order valence-corrected chi connectivity index (χ2v) is 4.65. The standard InChI is InChI=1S/C13H21F3N4/c1-3-5-17-12-8-18-11(7-19-12)9-20(6-4-2)10-13(14,15)16/h7-8H,3-6,9-10H2,1-2H3,(H,17,19). The van der Waals surface area contributed by atoms with Gasteiger partial charge in [-0.2, -0.15) is 13.2 Å². The summed E-state index contributed by atoms with van der Waals surface area (Å²) in [7, 11) is 0. The van der Waals surface area contributed by atoms with Crippen molar-refractivity contribution in [3.05, 3.63) is 18.1 Å². The van der Waals surface area contributed by atoms with E-state index < -0.39 is 12.7 Å². The lowest BCUT2D eigenvalue weighted by atomic mass is 10.3. The molecule has 0 radical (unpaired) electrons. The fourth-order valence-corrected chi connectivity index (χ4v) is 1.79. The molecule has 114 valence electrons. The van der Waals surface area contributed by atoms with Crippen LogP contribution in [-0.2, 0) is 6.54 Å². The molecular formula is C13H21F3N4. The van der Waals surface area contributed by atoms with Crippen molar-refractivity contribution in [1.82, 2.24) is 14.9 Å². The first-order valence-electron chi connectivity index (χ1n) is 6.78. The van der Waals surface area contributed by atoms with Gasteiger partial charge in [-0.3, -0.25) is 9.88 Å². The summed E-state index contributed by atoms with van der Waals surface area (Å²) in [5.41, 5.74) is 0.546. The van der Waals surface area contributed by atoms with Crippen LogP contribution in [-0.4, -0.2) is 40.7 Å². The number of hydrogen-bond acceptors (Lipinski definition) is 4. The molecule has 1 aromatic heterocycles. The van der Waals surface area contributed by atoms with E-state index in [9.17, 15) is 13.2 Å². The Labute approximate surface area is 117 Å². The van der Waals surface area contributed by atoms with Crippen molar-refractivity contribution >= 4 is 5.82 Å². The second-order valence-electron chi connectivity index (χ2n) is 4.65. The van der Waals surface area contributed by atoms with Gasteiger partial charge in [0.25, 0.3) is 0 Å². The van der Waals surface area contributed by atoms with Gasteiger partial charge in [0.15, 0.2) is 0 Å². The average molecular weight is 290 g/mol. The highest BCUT2D eigenvalue weighted by Crippen LogP contribution is 2.18. The van der Waals surface area contributed by atoms with Gasteiger partial charge in [-0.1, -0.05) is 13.8 Å². The third-order valence-corrected chi connectivity index (χ3v) is 2.59. The van der Waals surface area contributed by atoms with Gasteiger partial charge in [0.1, 0.15) is 5.82 Å². The highest BCUT2D eigenvalue weighted by Gasteiger charge is 2.30. The van der Waals surface area contributed by atoms with Crippen molar-refractivity contribution in [3.8, 4) is 0 Å². The summed E-state index contributed by atoms with van der Waals surface area (Å²) in [6.07, 6.45) is 0.532. The van der Waals surface area contributed by atoms with Gasteiger partial charge < -0.3 is 5.32 Å². The van der Waals surface area contributed by atoms with Crippen molar-refractivity contribution in [2.45, 2.75) is 39.4 Å². The predicted octanol–water partition coefficient (Wildman–Crippen LogP) is 3.07. The second kappa shape index (κ2) is 8.04. The number of halogens is 3. The number of anilines is 1. The van der Waals surface area contributed by atoms with Crippen LogP contribution in [0.4, 0.5) is 19.0 Å². The number of hydrogen-bond donors (Lipinski definition) is 1. The summed E-state index contributed by atoms with van der Waals surface area (Å²) < 4.78 is 37.3. The van der Waals surface area contributed by atoms with E-state index >= 15 is 0 Å². The highest BCUT2D eigenvalue weighted by atomic mass is 19.4. The molecule has 0 aromatic carbocycles. The number of nitrogens with zero attached hydrogens (tertiary/aromatic N) is 3. The Morgan fingerprint density at radius 1 is 1.15 bits per heavy atom. The maximum Gasteiger partial charge on any atom is 0.401 e. The van der Waals surface area contributed by atoms with Crippen LogP contribution < -0.4 is 5.32 Å². The van der Waals surface area contributed by atoms with Crippen molar-refractivity contribution in [2.24, 2.45) is 0 Å². The molecule has 0 atom stereocenters. The van der Waals surface area contributed by atoms with Crippen molar-refractivity contribution < 1.29 is 13.2 Å². The van der Waals surface area contributed by atoms with E-state index in [0.717, 1.165) is 13.0 Å². The Balaban J connectivity index is 2.59. The van der Waals surface area contributed by atoms with Crippen LogP contribution in [0, 0.1) is 0 Å². The Hall–Kier alpha value is -1.37. The third-order valence-electron chi connectivity index (χ3n) is 2.59. The number of alkyl halides is 3. The van der Waals surface area contributed by atoms with Crippen molar-refractivity contribution in [2.75, 3.05) is 25.0 Å². The van der Waals surface area contributed by atoms with Crippen molar-refractivity contribution in [3.63, 3.8) is 0 Å². The van der Waals surface area contributed by atoms with Gasteiger partial charge in [0.05, 0.1) is 24.6 Å². The normalized spacial score (nSPS) is 11.9. The van der Waals surface area contributed by atoms with Gasteiger partial charge in [-0.25, -0.2) is 4.98 Å². The molecule has 20 heavy (non-hydrogen) atoms. The van der Waals surface area contributed by atoms with Crippen LogP contribution in [0.1, 0.15) is 32.4 Å². The van der Waals surface area contributed by atoms with Gasteiger partial charge >= 0.3 is 6.18 Å². The minimum absolute atomic E-state index is 0.161. The minimum Gasteiger partial charge on any atom is -0.369 e. The zero-order chi connectivity index (χ0) is 15.0. The lowest BCUT2D eigenvalue weighted by Crippen LogP contribution is -2.34. The van der Waals surface area contributed by atoms with Crippen LogP contribution in [0.15, 0.2) is 12.4 Å². The molecule has 0 spiro atoms. The summed E-state index contributed by atoms with van der Waals surface area (Å²) in [6, 6.07) is 0. The van der Waals surface area contributed by atoms with Gasteiger partial charge in [-0.15, -0.1) is 0 Å². The maximum absolute atomic E-state index is 12.4. The first-order chi connectivity index (χ1) is 9.44. The summed E-state index contributed by atoms with van der Waals surface area (Å²) in [5, 5.41) is 3.07. The van der Waals surface area contributed by atoms with Crippen LogP contribution in [0.2, 0.25) is 0 Å². The maximum atomic E-state index is 12.4. The smallest absolute Gasteiger partial charge is 0.369 e. The molecule has 0 aliphatic carbocycles. The summed E-state index contributed by atoms with van der Waals surface area (Å²) >= 11 is 0. The Morgan fingerprint density at radius 2 is 1.90 bits per heavy atom. The summed E-state index contributed by atoms with van der Waals surface area (Å²) in [4.78, 5) is 9.63. The average Bonchev–Trinajstić information content (AvgIpc) is 2.36. The molecule has 1 rings (SSSR count). The van der Waals surface area contributed by atoms with Gasteiger partial charge in [0, 0.05) is 13.1 Å². The molecule has 0 saturated heterocycles. The fourth-order valence-electron chi connectivity index (χ4n) is 1.79. The molecular weight excluding hydrogens is 269 g/mol. The van der Waals surface area contributed by atoms with E-state index in [4.69, 9.17) is 0 Å². The van der Waals surface area contributed by atoms with Crippen molar-refractivity contribution in [1.29, 1.82) is 0 Å². The monoisotopic (exact) mass is 290 g/mol. The fraction of sp³-hybridized carbons (Fsp3) is 0.692. The topological polar surface area (TPSA) is 41.1 Å². The molecule has 1 N–H and O–H groups in total. The molecule has 0 fully saturated rings. The van der Waals surface area contributed by atoms with Crippen LogP contribution in [0.5, 0.6) is 0 Å². The summed E-state index contributed by atoms with van der Waals surface area (Å²) in [5.74, 6) is 0.647. The number of aromatic nitrogens is 2. The molecule has 4 nitrogen and oxygen atoms in total. The van der Waals surface area contributed by atoms with Crippen LogP contribution in [0.3, 0.4) is 0 Å². The van der Waals surface area contributed by atoms with E-state index in [-0.39, 0.29) is 6.54 Å². The van der Waals surface area contributed by atoms with Gasteiger partial charge in [0.2, 0.25) is 0 Å². The largest absolute Gasteiger partial charge is 0.401 e. The SMILES string of the molecule is CCCNc1cnc(CN(CCC)CC(F)(F)F)cn1. The molecule has 0 saturated carbocycles. The van der Waals surface area contributed by atoms with E-state index in [1.165, 1.54) is 11.1 Å². The Bertz CT molecular complexity index is 378. The molecule has 0 bridgehead atoms. The molecule has 0 amide bonds. The molecule has 0 aliphatic rings. The Kier molecular flexibility index (Phi) is 6.70. The van der Waals surface area contributed by atoms with E-state index in [1.807, 2.05) is 13.8 Å².